The molecule has 0 aliphatic carbocycles. The normalized spacial score (nSPS) is 14.4. The molecule has 1 amide bonds. The van der Waals surface area contributed by atoms with Gasteiger partial charge in [-0.25, -0.2) is 0 Å². The number of aliphatic carboxylic acids is 1. The van der Waals surface area contributed by atoms with Crippen LogP contribution >= 0.6 is 0 Å². The van der Waals surface area contributed by atoms with Gasteiger partial charge >= 0.3 is 5.97 Å². The maximum Gasteiger partial charge on any atom is 0.310 e. The molecule has 1 N–H and O–H groups in total. The van der Waals surface area contributed by atoms with Gasteiger partial charge in [0.15, 0.2) is 0 Å². The highest BCUT2D eigenvalue weighted by Crippen LogP contribution is 2.31. The zero-order valence-electron chi connectivity index (χ0n) is 12.8. The van der Waals surface area contributed by atoms with Gasteiger partial charge in [-0.05, 0) is 36.2 Å². The third kappa shape index (κ3) is 2.60. The van der Waals surface area contributed by atoms with Crippen molar-refractivity contribution in [1.82, 2.24) is 0 Å². The summed E-state index contributed by atoms with van der Waals surface area (Å²) >= 11 is 0. The number of hydrogen-bond acceptors (Lipinski definition) is 4. The van der Waals surface area contributed by atoms with Crippen LogP contribution < -0.4 is 4.90 Å². The van der Waals surface area contributed by atoms with Gasteiger partial charge in [0.25, 0.3) is 11.6 Å². The Morgan fingerprint density at radius 2 is 1.92 bits per heavy atom. The summed E-state index contributed by atoms with van der Waals surface area (Å²) in [6, 6.07) is 11.0. The van der Waals surface area contributed by atoms with Crippen molar-refractivity contribution in [3.8, 4) is 0 Å². The lowest BCUT2D eigenvalue weighted by Gasteiger charge is -2.16. The molecule has 2 aromatic rings. The monoisotopic (exact) mass is 326 g/mol. The molecular weight excluding hydrogens is 312 g/mol. The van der Waals surface area contributed by atoms with Crippen molar-refractivity contribution in [1.29, 1.82) is 0 Å². The van der Waals surface area contributed by atoms with E-state index in [1.165, 1.54) is 17.0 Å². The van der Waals surface area contributed by atoms with Crippen LogP contribution in [0.2, 0.25) is 0 Å². The van der Waals surface area contributed by atoms with Crippen LogP contribution in [0.4, 0.5) is 11.4 Å². The summed E-state index contributed by atoms with van der Waals surface area (Å²) in [5.74, 6) is -1.85. The van der Waals surface area contributed by atoms with Gasteiger partial charge in [-0.3, -0.25) is 19.7 Å². The standard InChI is InChI=1S/C17H14N2O5/c1-10(17(21)22)11-2-5-13(6-3-11)18-9-12-4-7-14(19(23)24)8-15(12)16(18)20/h2-8,10H,9H2,1H3,(H,21,22). The SMILES string of the molecule is CC(C(=O)O)c1ccc(N2Cc3ccc([N+](=O)[O-])cc3C2=O)cc1. The van der Waals surface area contributed by atoms with Crippen molar-refractivity contribution in [2.75, 3.05) is 4.90 Å². The van der Waals surface area contributed by atoms with Crippen LogP contribution in [-0.4, -0.2) is 21.9 Å². The van der Waals surface area contributed by atoms with Crippen LogP contribution in [-0.2, 0) is 11.3 Å². The summed E-state index contributed by atoms with van der Waals surface area (Å²) in [4.78, 5) is 35.4. The number of amides is 1. The zero-order chi connectivity index (χ0) is 17.4. The average molecular weight is 326 g/mol. The number of carboxylic acids is 1. The number of non-ortho nitro benzene ring substituents is 1. The third-order valence-electron chi connectivity index (χ3n) is 4.18. The van der Waals surface area contributed by atoms with E-state index in [1.54, 1.807) is 37.3 Å². The maximum atomic E-state index is 12.5. The number of benzene rings is 2. The number of carbonyl (C=O) groups excluding carboxylic acids is 1. The smallest absolute Gasteiger partial charge is 0.310 e. The minimum Gasteiger partial charge on any atom is -0.481 e. The Bertz CT molecular complexity index is 845. The third-order valence-corrected chi connectivity index (χ3v) is 4.18. The molecule has 1 atom stereocenters. The highest BCUT2D eigenvalue weighted by atomic mass is 16.6. The predicted octanol–water partition coefficient (Wildman–Crippen LogP) is 2.94. The fourth-order valence-electron chi connectivity index (χ4n) is 2.70. The first-order valence-corrected chi connectivity index (χ1v) is 7.30. The lowest BCUT2D eigenvalue weighted by atomic mass is 10.0. The molecule has 3 rings (SSSR count). The fraction of sp³-hybridized carbons (Fsp3) is 0.176. The molecule has 0 spiro atoms. The molecule has 7 heteroatoms. The molecule has 0 fully saturated rings. The van der Waals surface area contributed by atoms with Gasteiger partial charge in [-0.2, -0.15) is 0 Å². The van der Waals surface area contributed by atoms with Gasteiger partial charge < -0.3 is 10.0 Å². The number of anilines is 1. The molecule has 1 heterocycles. The van der Waals surface area contributed by atoms with Crippen molar-refractivity contribution in [2.45, 2.75) is 19.4 Å². The minimum absolute atomic E-state index is 0.116. The first kappa shape index (κ1) is 15.7. The second-order valence-electron chi connectivity index (χ2n) is 5.64. The van der Waals surface area contributed by atoms with E-state index in [9.17, 15) is 19.7 Å². The largest absolute Gasteiger partial charge is 0.481 e. The van der Waals surface area contributed by atoms with E-state index in [4.69, 9.17) is 5.11 Å². The minimum atomic E-state index is -0.917. The van der Waals surface area contributed by atoms with Gasteiger partial charge in [0.1, 0.15) is 0 Å². The molecule has 0 radical (unpaired) electrons. The molecule has 24 heavy (non-hydrogen) atoms. The average Bonchev–Trinajstić information content (AvgIpc) is 2.90. The summed E-state index contributed by atoms with van der Waals surface area (Å²) < 4.78 is 0. The van der Waals surface area contributed by atoms with Crippen LogP contribution in [0.15, 0.2) is 42.5 Å². The molecule has 0 saturated heterocycles. The Morgan fingerprint density at radius 3 is 2.50 bits per heavy atom. The second kappa shape index (κ2) is 5.77. The molecule has 0 saturated carbocycles. The molecule has 2 aromatic carbocycles. The number of carboxylic acid groups (broad SMARTS) is 1. The van der Waals surface area contributed by atoms with E-state index in [0.29, 0.717) is 23.4 Å². The molecule has 1 unspecified atom stereocenters. The first-order chi connectivity index (χ1) is 11.4. The van der Waals surface area contributed by atoms with Crippen molar-refractivity contribution in [3.63, 3.8) is 0 Å². The number of nitrogens with zero attached hydrogens (tertiary/aromatic N) is 2. The Balaban J connectivity index is 1.88. The lowest BCUT2D eigenvalue weighted by molar-refractivity contribution is -0.384. The quantitative estimate of drug-likeness (QED) is 0.687. The maximum absolute atomic E-state index is 12.5. The molecule has 0 bridgehead atoms. The predicted molar refractivity (Wildman–Crippen MR) is 86.1 cm³/mol. The van der Waals surface area contributed by atoms with Crippen LogP contribution in [0.3, 0.4) is 0 Å². The Hall–Kier alpha value is -3.22. The molecule has 1 aliphatic rings. The van der Waals surface area contributed by atoms with Crippen LogP contribution in [0, 0.1) is 10.1 Å². The summed E-state index contributed by atoms with van der Waals surface area (Å²) in [7, 11) is 0. The van der Waals surface area contributed by atoms with Gasteiger partial charge in [0, 0.05) is 17.8 Å². The number of fused-ring (bicyclic) bond motifs is 1. The van der Waals surface area contributed by atoms with Crippen molar-refractivity contribution < 1.29 is 19.6 Å². The van der Waals surface area contributed by atoms with Crippen LogP contribution in [0.5, 0.6) is 0 Å². The zero-order valence-corrected chi connectivity index (χ0v) is 12.8. The van der Waals surface area contributed by atoms with Gasteiger partial charge in [0.05, 0.1) is 22.9 Å². The highest BCUT2D eigenvalue weighted by molar-refractivity contribution is 6.10. The van der Waals surface area contributed by atoms with Gasteiger partial charge in [-0.1, -0.05) is 12.1 Å². The van der Waals surface area contributed by atoms with Crippen LogP contribution in [0.25, 0.3) is 0 Å². The second-order valence-corrected chi connectivity index (χ2v) is 5.64. The van der Waals surface area contributed by atoms with Gasteiger partial charge in [-0.15, -0.1) is 0 Å². The number of nitro benzene ring substituents is 1. The first-order valence-electron chi connectivity index (χ1n) is 7.30. The fourth-order valence-corrected chi connectivity index (χ4v) is 2.70. The molecule has 122 valence electrons. The number of nitro groups is 1. The molecule has 7 nitrogen and oxygen atoms in total. The Kier molecular flexibility index (Phi) is 3.76. The molecule has 0 aromatic heterocycles. The summed E-state index contributed by atoms with van der Waals surface area (Å²) in [6.07, 6.45) is 0. The van der Waals surface area contributed by atoms with E-state index in [-0.39, 0.29) is 11.6 Å². The van der Waals surface area contributed by atoms with E-state index >= 15 is 0 Å². The molecule has 1 aliphatic heterocycles. The topological polar surface area (TPSA) is 101 Å². The molecular formula is C17H14N2O5. The van der Waals surface area contributed by atoms with Crippen molar-refractivity contribution in [2.24, 2.45) is 0 Å². The number of hydrogen-bond donors (Lipinski definition) is 1. The highest BCUT2D eigenvalue weighted by Gasteiger charge is 2.30. The number of carbonyl (C=O) groups is 2. The van der Waals surface area contributed by atoms with E-state index in [0.717, 1.165) is 5.56 Å². The summed E-state index contributed by atoms with van der Waals surface area (Å²) in [6.45, 7) is 1.92. The summed E-state index contributed by atoms with van der Waals surface area (Å²) in [5, 5.41) is 19.9. The van der Waals surface area contributed by atoms with Crippen molar-refractivity contribution >= 4 is 23.3 Å². The Morgan fingerprint density at radius 1 is 1.25 bits per heavy atom. The van der Waals surface area contributed by atoms with E-state index in [2.05, 4.69) is 0 Å². The van der Waals surface area contributed by atoms with E-state index < -0.39 is 16.8 Å². The summed E-state index contributed by atoms with van der Waals surface area (Å²) in [5.41, 5.74) is 2.21. The van der Waals surface area contributed by atoms with E-state index in [1.807, 2.05) is 0 Å². The number of rotatable bonds is 4. The van der Waals surface area contributed by atoms with Crippen molar-refractivity contribution in [3.05, 3.63) is 69.3 Å². The lowest BCUT2D eigenvalue weighted by Crippen LogP contribution is -2.23. The van der Waals surface area contributed by atoms with Crippen LogP contribution in [0.1, 0.15) is 34.3 Å². The Labute approximate surface area is 137 Å². The van der Waals surface area contributed by atoms with Gasteiger partial charge in [0.2, 0.25) is 0 Å².